The molecule has 3 aromatic heterocycles. The molecule has 39 heavy (non-hydrogen) atoms. The highest BCUT2D eigenvalue weighted by Crippen LogP contribution is 2.40. The molecule has 0 fully saturated rings. The Labute approximate surface area is 225 Å². The minimum Gasteiger partial charge on any atom is -0.443 e. The molecule has 0 bridgehead atoms. The van der Waals surface area contributed by atoms with Crippen LogP contribution >= 0.6 is 0 Å². The Bertz CT molecular complexity index is 1760. The first-order valence-electron chi connectivity index (χ1n) is 12.3. The number of hydrogen-bond donors (Lipinski definition) is 0. The van der Waals surface area contributed by atoms with Crippen LogP contribution in [0.3, 0.4) is 0 Å². The van der Waals surface area contributed by atoms with Crippen LogP contribution < -0.4 is 15.4 Å². The van der Waals surface area contributed by atoms with Crippen molar-refractivity contribution >= 4 is 44.0 Å². The number of rotatable bonds is 3. The first kappa shape index (κ1) is 26.3. The Morgan fingerprint density at radius 2 is 1.82 bits per heavy atom. The molecule has 0 N–H and O–H groups in total. The summed E-state index contributed by atoms with van der Waals surface area (Å²) < 4.78 is 31.4. The van der Waals surface area contributed by atoms with Crippen LogP contribution in [-0.4, -0.2) is 59.0 Å². The number of fused-ring (bicyclic) bond motifs is 2. The number of amides is 1. The van der Waals surface area contributed by atoms with Crippen LogP contribution in [0.4, 0.5) is 21.9 Å². The van der Waals surface area contributed by atoms with Gasteiger partial charge in [0, 0.05) is 37.1 Å². The van der Waals surface area contributed by atoms with Gasteiger partial charge in [0.25, 0.3) is 5.56 Å². The first-order valence-corrected chi connectivity index (χ1v) is 14.2. The molecule has 11 nitrogen and oxygen atoms in total. The number of carbonyl (C=O) groups excluding carboxylic acids is 1. The normalized spacial score (nSPS) is 13.9. The molecule has 0 saturated carbocycles. The number of benzene rings is 1. The summed E-state index contributed by atoms with van der Waals surface area (Å²) in [6.07, 6.45) is 5.02. The van der Waals surface area contributed by atoms with E-state index in [4.69, 9.17) is 4.74 Å². The second-order valence-electron chi connectivity index (χ2n) is 10.3. The van der Waals surface area contributed by atoms with Gasteiger partial charge in [0.2, 0.25) is 15.0 Å². The summed E-state index contributed by atoms with van der Waals surface area (Å²) in [4.78, 5) is 43.1. The molecular weight excluding hydrogens is 520 g/mol. The second kappa shape index (κ2) is 9.45. The molecule has 12 heteroatoms. The number of anilines is 3. The van der Waals surface area contributed by atoms with E-state index in [2.05, 4.69) is 15.0 Å². The maximum Gasteiger partial charge on any atom is 0.414 e. The lowest BCUT2D eigenvalue weighted by atomic mass is 10.1. The number of carbonyl (C=O) groups is 1. The third kappa shape index (κ3) is 4.94. The topological polar surface area (TPSA) is 128 Å². The molecule has 0 aliphatic carbocycles. The molecule has 1 aliphatic heterocycles. The molecule has 1 aliphatic rings. The van der Waals surface area contributed by atoms with Gasteiger partial charge in [0.15, 0.2) is 5.65 Å². The Hall–Kier alpha value is -4.32. The Kier molecular flexibility index (Phi) is 6.37. The third-order valence-electron chi connectivity index (χ3n) is 6.16. The number of aryl methyl sites for hydroxylation is 1. The van der Waals surface area contributed by atoms with Gasteiger partial charge in [-0.15, -0.1) is 0 Å². The van der Waals surface area contributed by atoms with Crippen molar-refractivity contribution in [2.75, 3.05) is 29.1 Å². The molecule has 0 atom stereocenters. The molecule has 5 rings (SSSR count). The smallest absolute Gasteiger partial charge is 0.414 e. The molecule has 4 aromatic rings. The van der Waals surface area contributed by atoms with E-state index in [1.165, 1.54) is 17.0 Å². The second-order valence-corrected chi connectivity index (χ2v) is 12.2. The van der Waals surface area contributed by atoms with Crippen molar-refractivity contribution in [3.63, 3.8) is 0 Å². The summed E-state index contributed by atoms with van der Waals surface area (Å²) in [6, 6.07) is 10.6. The van der Waals surface area contributed by atoms with E-state index in [1.54, 1.807) is 29.3 Å². The van der Waals surface area contributed by atoms with Crippen molar-refractivity contribution in [1.29, 1.82) is 0 Å². The quantitative estimate of drug-likeness (QED) is 0.351. The average molecular weight is 549 g/mol. The lowest BCUT2D eigenvalue weighted by molar-refractivity contribution is 0.0580. The standard InChI is InChI=1S/C27H28N6O5S/c1-17-8-6-10-20-22(17)32(26(35)38-27(2,3)4)13-12-31(20)21-14-18-15-29-25(39(5,36)37)30-23(18)33(24(21)34)19-9-7-11-28-16-19/h6-11,14-16H,12-13H2,1-5H3. The van der Waals surface area contributed by atoms with Crippen LogP contribution in [0.15, 0.2) is 64.9 Å². The Morgan fingerprint density at radius 3 is 2.49 bits per heavy atom. The highest BCUT2D eigenvalue weighted by Gasteiger charge is 2.33. The molecule has 202 valence electrons. The summed E-state index contributed by atoms with van der Waals surface area (Å²) in [5, 5.41) is 0.0800. The molecule has 0 spiro atoms. The van der Waals surface area contributed by atoms with Crippen LogP contribution in [0.5, 0.6) is 0 Å². The van der Waals surface area contributed by atoms with Gasteiger partial charge in [-0.05, 0) is 57.5 Å². The average Bonchev–Trinajstić information content (AvgIpc) is 2.86. The fourth-order valence-corrected chi connectivity index (χ4v) is 5.06. The van der Waals surface area contributed by atoms with Crippen molar-refractivity contribution in [3.05, 3.63) is 70.9 Å². The van der Waals surface area contributed by atoms with Gasteiger partial charge in [0.1, 0.15) is 11.3 Å². The lowest BCUT2D eigenvalue weighted by Crippen LogP contribution is -2.46. The number of para-hydroxylation sites is 1. The number of hydrogen-bond acceptors (Lipinski definition) is 9. The number of ether oxygens (including phenoxy) is 1. The minimum absolute atomic E-state index is 0.143. The van der Waals surface area contributed by atoms with Gasteiger partial charge in [-0.3, -0.25) is 19.2 Å². The van der Waals surface area contributed by atoms with E-state index in [-0.39, 0.29) is 17.3 Å². The minimum atomic E-state index is -3.72. The van der Waals surface area contributed by atoms with Crippen LogP contribution in [0.2, 0.25) is 0 Å². The zero-order valence-corrected chi connectivity index (χ0v) is 23.1. The van der Waals surface area contributed by atoms with Crippen molar-refractivity contribution < 1.29 is 17.9 Å². The van der Waals surface area contributed by atoms with Crippen molar-refractivity contribution in [1.82, 2.24) is 19.5 Å². The Morgan fingerprint density at radius 1 is 1.05 bits per heavy atom. The number of nitrogens with zero attached hydrogens (tertiary/aromatic N) is 6. The van der Waals surface area contributed by atoms with E-state index in [1.807, 2.05) is 50.8 Å². The van der Waals surface area contributed by atoms with Gasteiger partial charge >= 0.3 is 6.09 Å². The number of aromatic nitrogens is 4. The van der Waals surface area contributed by atoms with E-state index in [0.29, 0.717) is 34.7 Å². The first-order chi connectivity index (χ1) is 18.3. The lowest BCUT2D eigenvalue weighted by Gasteiger charge is -2.39. The monoisotopic (exact) mass is 548 g/mol. The molecule has 0 saturated heterocycles. The van der Waals surface area contributed by atoms with Crippen LogP contribution in [0, 0.1) is 6.92 Å². The highest BCUT2D eigenvalue weighted by atomic mass is 32.2. The zero-order chi connectivity index (χ0) is 28.1. The molecule has 1 aromatic carbocycles. The van der Waals surface area contributed by atoms with Crippen molar-refractivity contribution in [3.8, 4) is 5.69 Å². The van der Waals surface area contributed by atoms with Gasteiger partial charge in [-0.1, -0.05) is 12.1 Å². The predicted molar refractivity (Wildman–Crippen MR) is 148 cm³/mol. The third-order valence-corrected chi connectivity index (χ3v) is 7.02. The van der Waals surface area contributed by atoms with Crippen LogP contribution in [0.25, 0.3) is 16.7 Å². The number of sulfone groups is 1. The summed E-state index contributed by atoms with van der Waals surface area (Å²) in [6.45, 7) is 7.93. The van der Waals surface area contributed by atoms with Gasteiger partial charge in [-0.2, -0.15) is 4.98 Å². The highest BCUT2D eigenvalue weighted by molar-refractivity contribution is 7.90. The van der Waals surface area contributed by atoms with Crippen molar-refractivity contribution in [2.24, 2.45) is 0 Å². The van der Waals surface area contributed by atoms with Gasteiger partial charge in [0.05, 0.1) is 23.3 Å². The molecular formula is C27H28N6O5S. The van der Waals surface area contributed by atoms with E-state index in [9.17, 15) is 18.0 Å². The van der Waals surface area contributed by atoms with Crippen molar-refractivity contribution in [2.45, 2.75) is 38.5 Å². The molecule has 0 radical (unpaired) electrons. The van der Waals surface area contributed by atoms with Gasteiger partial charge < -0.3 is 9.64 Å². The summed E-state index contributed by atoms with van der Waals surface area (Å²) in [5.74, 6) is 0. The fraction of sp³-hybridized carbons (Fsp3) is 0.296. The largest absolute Gasteiger partial charge is 0.443 e. The maximum absolute atomic E-state index is 14.1. The van der Waals surface area contributed by atoms with Gasteiger partial charge in [-0.25, -0.2) is 18.2 Å². The summed E-state index contributed by atoms with van der Waals surface area (Å²) in [5.41, 5.74) is 1.94. The molecule has 0 unspecified atom stereocenters. The van der Waals surface area contributed by atoms with Crippen LogP contribution in [-0.2, 0) is 14.6 Å². The molecule has 4 heterocycles. The molecule has 1 amide bonds. The fourth-order valence-electron chi connectivity index (χ4n) is 4.56. The predicted octanol–water partition coefficient (Wildman–Crippen LogP) is 3.78. The number of pyridine rings is 2. The Balaban J connectivity index is 1.73. The van der Waals surface area contributed by atoms with E-state index >= 15 is 0 Å². The zero-order valence-electron chi connectivity index (χ0n) is 22.2. The summed E-state index contributed by atoms with van der Waals surface area (Å²) >= 11 is 0. The van der Waals surface area contributed by atoms with E-state index < -0.39 is 27.1 Å². The van der Waals surface area contributed by atoms with E-state index in [0.717, 1.165) is 11.8 Å². The van der Waals surface area contributed by atoms with Crippen LogP contribution in [0.1, 0.15) is 26.3 Å². The maximum atomic E-state index is 14.1. The summed E-state index contributed by atoms with van der Waals surface area (Å²) in [7, 11) is -3.72. The SMILES string of the molecule is Cc1cccc2c1N(C(=O)OC(C)(C)C)CCN2c1cc2cnc(S(C)(=O)=O)nc2n(-c2cccnc2)c1=O.